The summed E-state index contributed by atoms with van der Waals surface area (Å²) in [4.78, 5) is 25.5. The first-order valence-corrected chi connectivity index (χ1v) is 27.2. The van der Waals surface area contributed by atoms with E-state index in [1.54, 1.807) is 0 Å². The minimum Gasteiger partial charge on any atom is -0.462 e. The second kappa shape index (κ2) is 40.0. The Bertz CT molecular complexity index is 1150. The zero-order valence-corrected chi connectivity index (χ0v) is 40.3. The molecule has 6 atom stereocenters. The number of esters is 2. The standard InChI is InChI=1S/C49H94O12S/c1-3-5-7-9-11-13-15-17-19-20-21-22-24-26-28-30-32-34-36-38-45(51)60-42(40-59-49-48(54)47(53)46(52)43(61-49)41-62(55,56)57)39-58-44(50)37-35-33-31-29-27-25-23-18-16-14-12-10-8-6-4-2/h42-43,46-49,52-54H,3-41H2,1-2H3,(H,55,56,57)/t42-,43-,46-,47?,48?,49+/m1/s1. The molecule has 1 aliphatic heterocycles. The van der Waals surface area contributed by atoms with Crippen LogP contribution < -0.4 is 0 Å². The molecular formula is C49H94O12S. The van der Waals surface area contributed by atoms with Gasteiger partial charge in [0.15, 0.2) is 12.4 Å². The number of carbonyl (C=O) groups is 2. The van der Waals surface area contributed by atoms with E-state index in [0.29, 0.717) is 12.8 Å². The molecule has 0 aromatic heterocycles. The first-order valence-electron chi connectivity index (χ1n) is 25.6. The number of unbranched alkanes of at least 4 members (excludes halogenated alkanes) is 32. The van der Waals surface area contributed by atoms with Crippen LogP contribution in [0.2, 0.25) is 0 Å². The van der Waals surface area contributed by atoms with Crippen molar-refractivity contribution in [2.45, 2.75) is 282 Å². The van der Waals surface area contributed by atoms with Crippen LogP contribution in [-0.4, -0.2) is 96.0 Å². The number of hydrogen-bond donors (Lipinski definition) is 4. The Kier molecular flexibility index (Phi) is 37.8. The van der Waals surface area contributed by atoms with Crippen molar-refractivity contribution in [2.75, 3.05) is 19.0 Å². The Hall–Kier alpha value is -1.35. The van der Waals surface area contributed by atoms with Crippen LogP contribution in [0, 0.1) is 0 Å². The van der Waals surface area contributed by atoms with Crippen LogP contribution in [0.15, 0.2) is 0 Å². The van der Waals surface area contributed by atoms with Crippen LogP contribution >= 0.6 is 0 Å². The van der Waals surface area contributed by atoms with E-state index >= 15 is 0 Å². The second-order valence-corrected chi connectivity index (χ2v) is 19.7. The fourth-order valence-corrected chi connectivity index (χ4v) is 8.90. The molecule has 1 aliphatic rings. The average molecular weight is 907 g/mol. The number of aliphatic hydroxyl groups excluding tert-OH is 3. The minimum absolute atomic E-state index is 0.173. The van der Waals surface area contributed by atoms with E-state index in [4.69, 9.17) is 18.9 Å². The van der Waals surface area contributed by atoms with Crippen molar-refractivity contribution in [1.82, 2.24) is 0 Å². The molecule has 0 aromatic carbocycles. The highest BCUT2D eigenvalue weighted by molar-refractivity contribution is 7.85. The molecule has 2 unspecified atom stereocenters. The van der Waals surface area contributed by atoms with E-state index in [9.17, 15) is 37.9 Å². The molecule has 0 saturated carbocycles. The summed E-state index contributed by atoms with van der Waals surface area (Å²) in [5.74, 6) is -1.96. The summed E-state index contributed by atoms with van der Waals surface area (Å²) in [6.45, 7) is 3.81. The summed E-state index contributed by atoms with van der Waals surface area (Å²) in [6, 6.07) is 0. The molecule has 0 aliphatic carbocycles. The van der Waals surface area contributed by atoms with Crippen molar-refractivity contribution in [3.05, 3.63) is 0 Å². The van der Waals surface area contributed by atoms with Gasteiger partial charge in [0.25, 0.3) is 10.1 Å². The molecule has 1 saturated heterocycles. The lowest BCUT2D eigenvalue weighted by Crippen LogP contribution is -2.60. The summed E-state index contributed by atoms with van der Waals surface area (Å²) in [5.41, 5.74) is 0. The van der Waals surface area contributed by atoms with Crippen molar-refractivity contribution >= 4 is 22.1 Å². The molecule has 0 amide bonds. The maximum atomic E-state index is 12.9. The predicted molar refractivity (Wildman–Crippen MR) is 247 cm³/mol. The predicted octanol–water partition coefficient (Wildman–Crippen LogP) is 11.2. The molecule has 4 N–H and O–H groups in total. The largest absolute Gasteiger partial charge is 0.462 e. The van der Waals surface area contributed by atoms with Gasteiger partial charge in [-0.1, -0.05) is 219 Å². The Morgan fingerprint density at radius 2 is 0.823 bits per heavy atom. The first-order chi connectivity index (χ1) is 30.0. The maximum Gasteiger partial charge on any atom is 0.306 e. The Balaban J connectivity index is 2.36. The van der Waals surface area contributed by atoms with E-state index in [1.807, 2.05) is 0 Å². The van der Waals surface area contributed by atoms with E-state index in [0.717, 1.165) is 38.5 Å². The number of carbonyl (C=O) groups excluding carboxylic acids is 2. The van der Waals surface area contributed by atoms with Gasteiger partial charge in [-0.25, -0.2) is 0 Å². The third-order valence-corrected chi connectivity index (χ3v) is 12.9. The monoisotopic (exact) mass is 907 g/mol. The smallest absolute Gasteiger partial charge is 0.306 e. The van der Waals surface area contributed by atoms with Gasteiger partial charge in [-0.05, 0) is 12.8 Å². The minimum atomic E-state index is -4.60. The normalized spacial score (nSPS) is 19.7. The van der Waals surface area contributed by atoms with Crippen molar-refractivity contribution in [2.24, 2.45) is 0 Å². The fourth-order valence-electron chi connectivity index (χ4n) is 8.21. The van der Waals surface area contributed by atoms with Crippen LogP contribution in [0.5, 0.6) is 0 Å². The molecule has 13 heteroatoms. The van der Waals surface area contributed by atoms with Crippen LogP contribution in [0.3, 0.4) is 0 Å². The third-order valence-electron chi connectivity index (χ3n) is 12.2. The Morgan fingerprint density at radius 3 is 1.18 bits per heavy atom. The van der Waals surface area contributed by atoms with Gasteiger partial charge in [0.2, 0.25) is 0 Å². The van der Waals surface area contributed by atoms with Crippen molar-refractivity contribution in [3.63, 3.8) is 0 Å². The second-order valence-electron chi connectivity index (χ2n) is 18.2. The van der Waals surface area contributed by atoms with Gasteiger partial charge in [-0.3, -0.25) is 14.1 Å². The SMILES string of the molecule is CCCCCCCCCCCCCCCCCCCCCC(=O)O[C@H](COC(=O)CCCCCCCCCCCCCCCCC)CO[C@H]1O[C@H](CS(=O)(=O)O)[C@@H](O)C(O)C1O. The van der Waals surface area contributed by atoms with Crippen molar-refractivity contribution in [3.8, 4) is 0 Å². The molecule has 1 fully saturated rings. The highest BCUT2D eigenvalue weighted by Crippen LogP contribution is 2.24. The van der Waals surface area contributed by atoms with Gasteiger partial charge in [0.05, 0.1) is 6.61 Å². The van der Waals surface area contributed by atoms with Crippen LogP contribution in [0.4, 0.5) is 0 Å². The topological polar surface area (TPSA) is 186 Å². The zero-order valence-electron chi connectivity index (χ0n) is 39.5. The summed E-state index contributed by atoms with van der Waals surface area (Å²) in [7, 11) is -4.60. The molecule has 0 spiro atoms. The highest BCUT2D eigenvalue weighted by Gasteiger charge is 2.46. The molecule has 1 heterocycles. The van der Waals surface area contributed by atoms with Gasteiger partial charge >= 0.3 is 11.9 Å². The lowest BCUT2D eigenvalue weighted by Gasteiger charge is -2.40. The molecule has 368 valence electrons. The molecule has 0 radical (unpaired) electrons. The first kappa shape index (κ1) is 58.7. The van der Waals surface area contributed by atoms with Crippen LogP contribution in [0.25, 0.3) is 0 Å². The number of rotatable bonds is 44. The third kappa shape index (κ3) is 34.1. The molecule has 0 aromatic rings. The van der Waals surface area contributed by atoms with Gasteiger partial charge < -0.3 is 34.3 Å². The van der Waals surface area contributed by atoms with Gasteiger partial charge in [0.1, 0.15) is 36.8 Å². The molecule has 1 rings (SSSR count). The Labute approximate surface area is 378 Å². The van der Waals surface area contributed by atoms with Gasteiger partial charge in [-0.2, -0.15) is 8.42 Å². The molecule has 62 heavy (non-hydrogen) atoms. The molecule has 0 bridgehead atoms. The van der Waals surface area contributed by atoms with E-state index in [2.05, 4.69) is 13.8 Å². The van der Waals surface area contributed by atoms with Gasteiger partial charge in [-0.15, -0.1) is 0 Å². The van der Waals surface area contributed by atoms with E-state index < -0.39 is 71.2 Å². The summed E-state index contributed by atoms with van der Waals surface area (Å²) in [6.07, 6.45) is 32.8. The van der Waals surface area contributed by atoms with Gasteiger partial charge in [0, 0.05) is 12.8 Å². The highest BCUT2D eigenvalue weighted by atomic mass is 32.2. The molecular weight excluding hydrogens is 813 g/mol. The van der Waals surface area contributed by atoms with E-state index in [-0.39, 0.29) is 19.4 Å². The van der Waals surface area contributed by atoms with Crippen LogP contribution in [-0.2, 0) is 38.7 Å². The fraction of sp³-hybridized carbons (Fsp3) is 0.959. The summed E-state index contributed by atoms with van der Waals surface area (Å²) >= 11 is 0. The number of aliphatic hydroxyl groups is 3. The van der Waals surface area contributed by atoms with Crippen molar-refractivity contribution in [1.29, 1.82) is 0 Å². The average Bonchev–Trinajstić information content (AvgIpc) is 3.24. The number of hydrogen-bond acceptors (Lipinski definition) is 11. The number of ether oxygens (including phenoxy) is 4. The zero-order chi connectivity index (χ0) is 45.5. The summed E-state index contributed by atoms with van der Waals surface area (Å²) in [5, 5.41) is 31.0. The van der Waals surface area contributed by atoms with Crippen molar-refractivity contribution < 1.29 is 56.8 Å². The van der Waals surface area contributed by atoms with E-state index in [1.165, 1.54) is 167 Å². The molecule has 12 nitrogen and oxygen atoms in total. The Morgan fingerprint density at radius 1 is 0.484 bits per heavy atom. The summed E-state index contributed by atoms with van der Waals surface area (Å²) < 4.78 is 54.2. The van der Waals surface area contributed by atoms with Crippen LogP contribution in [0.1, 0.15) is 245 Å². The maximum absolute atomic E-state index is 12.9. The lowest BCUT2D eigenvalue weighted by atomic mass is 10.00. The quantitative estimate of drug-likeness (QED) is 0.0258. The lowest BCUT2D eigenvalue weighted by molar-refractivity contribution is -0.297.